The van der Waals surface area contributed by atoms with Crippen molar-refractivity contribution in [2.24, 2.45) is 17.8 Å². The molecule has 0 aliphatic heterocycles. The summed E-state index contributed by atoms with van der Waals surface area (Å²) < 4.78 is 12.5. The van der Waals surface area contributed by atoms with E-state index in [0.717, 1.165) is 0 Å². The van der Waals surface area contributed by atoms with Crippen molar-refractivity contribution in [2.75, 3.05) is 6.61 Å². The fourth-order valence-corrected chi connectivity index (χ4v) is 11.2. The second-order valence-electron chi connectivity index (χ2n) is 12.4. The number of ether oxygens (including phenoxy) is 2. The third-order valence-corrected chi connectivity index (χ3v) is 12.8. The lowest BCUT2D eigenvalue weighted by Crippen LogP contribution is -2.56. The van der Waals surface area contributed by atoms with Gasteiger partial charge in [0.05, 0.1) is 25.2 Å². The largest absolute Gasteiger partial charge is 0.466 e. The number of esters is 1. The first kappa shape index (κ1) is 32.8. The summed E-state index contributed by atoms with van der Waals surface area (Å²) in [7, 11) is -1.49. The van der Waals surface area contributed by atoms with Crippen LogP contribution in [0.1, 0.15) is 73.6 Å². The van der Waals surface area contributed by atoms with Crippen LogP contribution in [0.5, 0.6) is 0 Å². The minimum Gasteiger partial charge on any atom is -0.466 e. The quantitative estimate of drug-likeness (QED) is 0.166. The Kier molecular flexibility index (Phi) is 11.6. The van der Waals surface area contributed by atoms with Crippen molar-refractivity contribution in [1.29, 1.82) is 0 Å². The molecular weight excluding hydrogens is 520 g/mol. The Morgan fingerprint density at radius 3 is 1.63 bits per heavy atom. The van der Waals surface area contributed by atoms with Crippen molar-refractivity contribution < 1.29 is 14.3 Å². The van der Waals surface area contributed by atoms with Gasteiger partial charge in [-0.25, -0.2) is 0 Å². The van der Waals surface area contributed by atoms with Crippen LogP contribution < -0.4 is 10.4 Å². The molecule has 4 heteroatoms. The molecule has 0 amide bonds. The Labute approximate surface area is 251 Å². The molecule has 41 heavy (non-hydrogen) atoms. The summed E-state index contributed by atoms with van der Waals surface area (Å²) >= 11 is 0. The van der Waals surface area contributed by atoms with E-state index < -0.39 is 8.80 Å². The van der Waals surface area contributed by atoms with Crippen molar-refractivity contribution in [1.82, 2.24) is 0 Å². The van der Waals surface area contributed by atoms with E-state index in [2.05, 4.69) is 118 Å². The number of carbonyl (C=O) groups is 1. The van der Waals surface area contributed by atoms with Crippen LogP contribution in [-0.4, -0.2) is 27.5 Å². The van der Waals surface area contributed by atoms with Crippen molar-refractivity contribution in [2.45, 2.75) is 94.4 Å². The van der Waals surface area contributed by atoms with Crippen LogP contribution in [0, 0.1) is 59.3 Å². The highest BCUT2D eigenvalue weighted by molar-refractivity contribution is 6.87. The van der Waals surface area contributed by atoms with E-state index in [1.807, 2.05) is 13.0 Å². The number of rotatable bonds is 12. The number of hydrogen-bond acceptors (Lipinski definition) is 3. The number of benzene rings is 3. The molecule has 3 aromatic rings. The maximum Gasteiger partial charge on any atom is 0.308 e. The van der Waals surface area contributed by atoms with E-state index in [-0.39, 0.29) is 35.4 Å². The van der Waals surface area contributed by atoms with E-state index in [1.165, 1.54) is 49.3 Å². The summed E-state index contributed by atoms with van der Waals surface area (Å²) in [5, 5.41) is 2.85. The van der Waals surface area contributed by atoms with Gasteiger partial charge in [0.2, 0.25) is 0 Å². The van der Waals surface area contributed by atoms with Crippen LogP contribution in [0.15, 0.2) is 54.6 Å². The van der Waals surface area contributed by atoms with Crippen LogP contribution >= 0.6 is 0 Å². The molecule has 0 aliphatic carbocycles. The maximum absolute atomic E-state index is 13.6. The van der Waals surface area contributed by atoms with Gasteiger partial charge >= 0.3 is 5.97 Å². The molecule has 3 rings (SSSR count). The normalized spacial score (nSPS) is 14.7. The van der Waals surface area contributed by atoms with Crippen LogP contribution in [0.3, 0.4) is 0 Å². The van der Waals surface area contributed by atoms with Crippen molar-refractivity contribution in [3.8, 4) is 0 Å². The highest BCUT2D eigenvalue weighted by Crippen LogP contribution is 2.38. The van der Waals surface area contributed by atoms with Gasteiger partial charge in [-0.3, -0.25) is 4.79 Å². The van der Waals surface area contributed by atoms with E-state index in [9.17, 15) is 4.79 Å². The summed E-state index contributed by atoms with van der Waals surface area (Å²) in [6.07, 6.45) is -0.0193. The first-order valence-electron chi connectivity index (χ1n) is 15.2. The predicted molar refractivity (Wildman–Crippen MR) is 175 cm³/mol. The Hall–Kier alpha value is -2.69. The average Bonchev–Trinajstić information content (AvgIpc) is 2.88. The molecule has 0 fully saturated rings. The van der Waals surface area contributed by atoms with E-state index in [4.69, 9.17) is 9.47 Å². The zero-order valence-corrected chi connectivity index (χ0v) is 28.2. The fraction of sp³-hybridized carbons (Fsp3) is 0.486. The van der Waals surface area contributed by atoms with E-state index in [0.29, 0.717) is 13.2 Å². The van der Waals surface area contributed by atoms with Gasteiger partial charge in [-0.15, -0.1) is 0 Å². The lowest BCUT2D eigenvalue weighted by molar-refractivity contribution is -0.148. The monoisotopic (exact) mass is 571 g/mol. The lowest BCUT2D eigenvalue weighted by Gasteiger charge is -2.41. The number of carbonyl (C=O) groups excluding carboxylic acids is 1. The molecule has 3 nitrogen and oxygen atoms in total. The predicted octanol–water partition coefficient (Wildman–Crippen LogP) is 7.59. The second kappa shape index (κ2) is 14.5. The smallest absolute Gasteiger partial charge is 0.308 e. The maximum atomic E-state index is 13.6. The minimum atomic E-state index is -1.49. The molecule has 0 unspecified atom stereocenters. The molecule has 4 atom stereocenters. The van der Waals surface area contributed by atoms with Crippen LogP contribution in [0.4, 0.5) is 0 Å². The van der Waals surface area contributed by atoms with Crippen LogP contribution in [0.25, 0.3) is 0 Å². The Morgan fingerprint density at radius 2 is 1.22 bits per heavy atom. The molecule has 0 saturated carbocycles. The Balaban J connectivity index is 2.28. The standard InChI is InChI=1S/C37H51O3Si/c1-12-39-37(38)31(11)36(30(10)33(23(2)3)40-22-32-16-14-13-15-17-32)41(34-26(6)18-24(4)19-27(34)7)35-28(8)20-25(5)21-29(35)9/h13-21,23,30-31,33,36H,12,22H2,1-11H3/t30-,31-,33+,36-/m0/s1. The lowest BCUT2D eigenvalue weighted by atomic mass is 9.86. The van der Waals surface area contributed by atoms with Gasteiger partial charge in [-0.05, 0) is 81.8 Å². The van der Waals surface area contributed by atoms with Crippen LogP contribution in [-0.2, 0) is 20.9 Å². The average molecular weight is 572 g/mol. The molecule has 0 heterocycles. The van der Waals surface area contributed by atoms with Crippen molar-refractivity contribution in [3.05, 3.63) is 93.5 Å². The highest BCUT2D eigenvalue weighted by Gasteiger charge is 2.44. The number of aryl methyl sites for hydroxylation is 6. The van der Waals surface area contributed by atoms with Gasteiger partial charge in [0.1, 0.15) is 8.80 Å². The molecule has 0 aliphatic rings. The van der Waals surface area contributed by atoms with E-state index >= 15 is 0 Å². The molecule has 0 saturated heterocycles. The summed E-state index contributed by atoms with van der Waals surface area (Å²) in [5.41, 5.74) is 9.04. The molecule has 0 N–H and O–H groups in total. The van der Waals surface area contributed by atoms with Gasteiger partial charge in [-0.1, -0.05) is 116 Å². The first-order valence-corrected chi connectivity index (χ1v) is 16.8. The van der Waals surface area contributed by atoms with Crippen molar-refractivity contribution in [3.63, 3.8) is 0 Å². The summed E-state index contributed by atoms with van der Waals surface area (Å²) in [4.78, 5) is 13.6. The second-order valence-corrected chi connectivity index (χ2v) is 14.9. The summed E-state index contributed by atoms with van der Waals surface area (Å²) in [5.74, 6) is 0.0179. The summed E-state index contributed by atoms with van der Waals surface area (Å²) in [6, 6.07) is 19.7. The van der Waals surface area contributed by atoms with Gasteiger partial charge in [-0.2, -0.15) is 0 Å². The molecule has 221 valence electrons. The van der Waals surface area contributed by atoms with Gasteiger partial charge in [0, 0.05) is 0 Å². The molecule has 1 radical (unpaired) electrons. The van der Waals surface area contributed by atoms with E-state index in [1.54, 1.807) is 0 Å². The van der Waals surface area contributed by atoms with Crippen LogP contribution in [0.2, 0.25) is 5.54 Å². The molecule has 0 spiro atoms. The first-order chi connectivity index (χ1) is 19.4. The Morgan fingerprint density at radius 1 is 0.756 bits per heavy atom. The molecule has 0 bridgehead atoms. The van der Waals surface area contributed by atoms with Gasteiger partial charge < -0.3 is 9.47 Å². The zero-order chi connectivity index (χ0) is 30.4. The summed E-state index contributed by atoms with van der Waals surface area (Å²) in [6.45, 7) is 25.1. The molecular formula is C37H51O3Si. The fourth-order valence-electron chi connectivity index (χ4n) is 6.98. The topological polar surface area (TPSA) is 35.5 Å². The Bertz CT molecular complexity index is 1210. The highest BCUT2D eigenvalue weighted by atomic mass is 28.3. The minimum absolute atomic E-state index is 0.0193. The SMILES string of the molecule is CCOC(=O)[C@@H](C)[C@H]([C@@H](C)[C@H](OCc1ccccc1)C(C)C)[Si](c1c(C)cc(C)cc1C)c1c(C)cc(C)cc1C. The third kappa shape index (κ3) is 7.78. The third-order valence-electron chi connectivity index (χ3n) is 8.45. The number of hydrogen-bond donors (Lipinski definition) is 0. The molecule has 3 aromatic carbocycles. The molecule has 0 aromatic heterocycles. The zero-order valence-electron chi connectivity index (χ0n) is 27.2. The van der Waals surface area contributed by atoms with Gasteiger partial charge in [0.15, 0.2) is 0 Å². The van der Waals surface area contributed by atoms with Crippen molar-refractivity contribution >= 4 is 25.1 Å². The van der Waals surface area contributed by atoms with Gasteiger partial charge in [0.25, 0.3) is 0 Å².